The Kier molecular flexibility index (Phi) is 2.34. The molecule has 1 aliphatic heterocycles. The minimum atomic E-state index is -0.969. The van der Waals surface area contributed by atoms with Gasteiger partial charge in [-0.2, -0.15) is 0 Å². The van der Waals surface area contributed by atoms with Crippen LogP contribution in [0.15, 0.2) is 0 Å². The van der Waals surface area contributed by atoms with Gasteiger partial charge in [0.25, 0.3) is 0 Å². The van der Waals surface area contributed by atoms with Gasteiger partial charge in [0.2, 0.25) is 0 Å². The standard InChI is InChI=1S/C10H14N4O2S/c1-5-13-14-8(17-5)10(4-12-9(15)16)6-2-11-3-7(6)10/h6-7,11-12H,2-4H2,1H3,(H,15,16)/t6-,7+,10?. The minimum absolute atomic E-state index is 0.102. The summed E-state index contributed by atoms with van der Waals surface area (Å²) in [5, 5.41) is 24.8. The molecular formula is C10H14N4O2S. The van der Waals surface area contributed by atoms with Gasteiger partial charge in [-0.3, -0.25) is 0 Å². The van der Waals surface area contributed by atoms with E-state index in [4.69, 9.17) is 5.11 Å². The van der Waals surface area contributed by atoms with Crippen LogP contribution in [0.3, 0.4) is 0 Å². The molecule has 1 amide bonds. The third kappa shape index (κ3) is 1.53. The summed E-state index contributed by atoms with van der Waals surface area (Å²) in [7, 11) is 0. The number of hydrogen-bond acceptors (Lipinski definition) is 5. The number of carbonyl (C=O) groups is 1. The Morgan fingerprint density at radius 1 is 1.59 bits per heavy atom. The third-order valence-corrected chi connectivity index (χ3v) is 4.92. The summed E-state index contributed by atoms with van der Waals surface area (Å²) in [6, 6.07) is 0. The SMILES string of the molecule is Cc1nnc(C2(CNC(=O)O)[C@@H]3CNC[C@@H]32)s1. The second-order valence-electron chi connectivity index (χ2n) is 4.70. The van der Waals surface area contributed by atoms with Gasteiger partial charge in [-0.05, 0) is 31.8 Å². The normalized spacial score (nSPS) is 34.4. The first-order chi connectivity index (χ1) is 8.14. The zero-order valence-electron chi connectivity index (χ0n) is 9.43. The topological polar surface area (TPSA) is 87.1 Å². The van der Waals surface area contributed by atoms with Crippen molar-refractivity contribution in [1.29, 1.82) is 0 Å². The lowest BCUT2D eigenvalue weighted by Crippen LogP contribution is -2.37. The van der Waals surface area contributed by atoms with Crippen molar-refractivity contribution < 1.29 is 9.90 Å². The molecule has 1 saturated heterocycles. The van der Waals surface area contributed by atoms with Crippen molar-refractivity contribution in [3.05, 3.63) is 10.0 Å². The molecule has 7 heteroatoms. The Hall–Kier alpha value is -1.21. The summed E-state index contributed by atoms with van der Waals surface area (Å²) in [4.78, 5) is 10.7. The van der Waals surface area contributed by atoms with Gasteiger partial charge in [-0.15, -0.1) is 21.5 Å². The highest BCUT2D eigenvalue weighted by molar-refractivity contribution is 7.11. The van der Waals surface area contributed by atoms with E-state index in [1.807, 2.05) is 6.92 Å². The van der Waals surface area contributed by atoms with E-state index in [0.717, 1.165) is 23.1 Å². The number of nitrogens with one attached hydrogen (secondary N) is 2. The molecule has 0 aromatic carbocycles. The molecule has 1 saturated carbocycles. The van der Waals surface area contributed by atoms with Gasteiger partial charge in [0, 0.05) is 6.54 Å². The van der Waals surface area contributed by atoms with E-state index < -0.39 is 6.09 Å². The fraction of sp³-hybridized carbons (Fsp3) is 0.700. The number of nitrogens with zero attached hydrogens (tertiary/aromatic N) is 2. The number of aryl methyl sites for hydroxylation is 1. The van der Waals surface area contributed by atoms with Crippen LogP contribution in [0.5, 0.6) is 0 Å². The Labute approximate surface area is 102 Å². The van der Waals surface area contributed by atoms with E-state index >= 15 is 0 Å². The van der Waals surface area contributed by atoms with E-state index in [9.17, 15) is 4.79 Å². The third-order valence-electron chi connectivity index (χ3n) is 3.88. The molecular weight excluding hydrogens is 240 g/mol. The fourth-order valence-corrected chi connectivity index (χ4v) is 4.02. The highest BCUT2D eigenvalue weighted by Crippen LogP contribution is 2.61. The maximum atomic E-state index is 10.7. The van der Waals surface area contributed by atoms with E-state index in [1.54, 1.807) is 11.3 Å². The maximum Gasteiger partial charge on any atom is 0.404 e. The molecule has 1 aromatic rings. The average Bonchev–Trinajstić information content (AvgIpc) is 2.73. The molecule has 0 radical (unpaired) electrons. The molecule has 1 unspecified atom stereocenters. The molecule has 2 aliphatic rings. The van der Waals surface area contributed by atoms with Crippen LogP contribution in [0.1, 0.15) is 10.0 Å². The largest absolute Gasteiger partial charge is 0.465 e. The second-order valence-corrected chi connectivity index (χ2v) is 5.88. The lowest BCUT2D eigenvalue weighted by atomic mass is 10.0. The molecule has 1 aromatic heterocycles. The van der Waals surface area contributed by atoms with Gasteiger partial charge < -0.3 is 15.7 Å². The van der Waals surface area contributed by atoms with Gasteiger partial charge in [-0.25, -0.2) is 4.79 Å². The summed E-state index contributed by atoms with van der Waals surface area (Å²) in [5.74, 6) is 1.00. The monoisotopic (exact) mass is 254 g/mol. The maximum absolute atomic E-state index is 10.7. The molecule has 0 bridgehead atoms. The number of fused-ring (bicyclic) bond motifs is 1. The highest BCUT2D eigenvalue weighted by atomic mass is 32.1. The van der Waals surface area contributed by atoms with Gasteiger partial charge in [-0.1, -0.05) is 0 Å². The van der Waals surface area contributed by atoms with E-state index in [-0.39, 0.29) is 5.41 Å². The Morgan fingerprint density at radius 3 is 2.82 bits per heavy atom. The van der Waals surface area contributed by atoms with Gasteiger partial charge >= 0.3 is 6.09 Å². The van der Waals surface area contributed by atoms with Crippen LogP contribution in [-0.4, -0.2) is 41.0 Å². The molecule has 3 atom stereocenters. The molecule has 0 spiro atoms. The van der Waals surface area contributed by atoms with Crippen LogP contribution in [0.4, 0.5) is 4.79 Å². The molecule has 1 aliphatic carbocycles. The number of amides is 1. The quantitative estimate of drug-likeness (QED) is 0.717. The number of aromatic nitrogens is 2. The Morgan fingerprint density at radius 2 is 2.29 bits per heavy atom. The van der Waals surface area contributed by atoms with Crippen molar-refractivity contribution in [3.8, 4) is 0 Å². The summed E-state index contributed by atoms with van der Waals surface area (Å²) in [5.41, 5.74) is -0.102. The first kappa shape index (κ1) is 10.9. The Balaban J connectivity index is 1.86. The molecule has 3 N–H and O–H groups in total. The van der Waals surface area contributed by atoms with Crippen LogP contribution in [0, 0.1) is 18.8 Å². The number of piperidine rings is 1. The average molecular weight is 254 g/mol. The summed E-state index contributed by atoms with van der Waals surface area (Å²) >= 11 is 1.58. The zero-order valence-corrected chi connectivity index (χ0v) is 10.3. The van der Waals surface area contributed by atoms with Crippen LogP contribution < -0.4 is 10.6 Å². The van der Waals surface area contributed by atoms with Crippen LogP contribution in [0.25, 0.3) is 0 Å². The van der Waals surface area contributed by atoms with Crippen molar-refractivity contribution in [2.24, 2.45) is 11.8 Å². The number of hydrogen-bond donors (Lipinski definition) is 3. The summed E-state index contributed by atoms with van der Waals surface area (Å²) < 4.78 is 0. The molecule has 2 heterocycles. The van der Waals surface area contributed by atoms with Gasteiger partial charge in [0.15, 0.2) is 0 Å². The predicted molar refractivity (Wildman–Crippen MR) is 62.2 cm³/mol. The van der Waals surface area contributed by atoms with Crippen molar-refractivity contribution in [3.63, 3.8) is 0 Å². The minimum Gasteiger partial charge on any atom is -0.465 e. The lowest BCUT2D eigenvalue weighted by molar-refractivity contribution is 0.192. The van der Waals surface area contributed by atoms with Gasteiger partial charge in [0.05, 0.1) is 5.41 Å². The smallest absolute Gasteiger partial charge is 0.404 e. The lowest BCUT2D eigenvalue weighted by Gasteiger charge is -2.17. The molecule has 17 heavy (non-hydrogen) atoms. The first-order valence-corrected chi connectivity index (χ1v) is 6.44. The highest BCUT2D eigenvalue weighted by Gasteiger charge is 2.68. The Bertz CT molecular complexity index is 451. The van der Waals surface area contributed by atoms with E-state index in [0.29, 0.717) is 18.4 Å². The van der Waals surface area contributed by atoms with Crippen LogP contribution in [0.2, 0.25) is 0 Å². The second kappa shape index (κ2) is 3.64. The molecule has 3 rings (SSSR count). The van der Waals surface area contributed by atoms with Crippen molar-refractivity contribution in [2.75, 3.05) is 19.6 Å². The molecule has 92 valence electrons. The van der Waals surface area contributed by atoms with Crippen LogP contribution in [-0.2, 0) is 5.41 Å². The first-order valence-electron chi connectivity index (χ1n) is 5.62. The fourth-order valence-electron chi connectivity index (χ4n) is 3.01. The number of rotatable bonds is 3. The molecule has 6 nitrogen and oxygen atoms in total. The summed E-state index contributed by atoms with van der Waals surface area (Å²) in [6.07, 6.45) is -0.969. The zero-order chi connectivity index (χ0) is 12.0. The number of carboxylic acid groups (broad SMARTS) is 1. The summed E-state index contributed by atoms with van der Waals surface area (Å²) in [6.45, 7) is 4.28. The van der Waals surface area contributed by atoms with Gasteiger partial charge in [0.1, 0.15) is 10.0 Å². The van der Waals surface area contributed by atoms with Crippen molar-refractivity contribution >= 4 is 17.4 Å². The van der Waals surface area contributed by atoms with E-state index in [2.05, 4.69) is 20.8 Å². The van der Waals surface area contributed by atoms with Crippen LogP contribution >= 0.6 is 11.3 Å². The van der Waals surface area contributed by atoms with Crippen molar-refractivity contribution in [2.45, 2.75) is 12.3 Å². The predicted octanol–water partition coefficient (Wildman–Crippen LogP) is 0.201. The van der Waals surface area contributed by atoms with E-state index in [1.165, 1.54) is 0 Å². The van der Waals surface area contributed by atoms with Crippen molar-refractivity contribution in [1.82, 2.24) is 20.8 Å². The molecule has 2 fully saturated rings.